The Morgan fingerprint density at radius 3 is 2.50 bits per heavy atom. The molecule has 0 radical (unpaired) electrons. The van der Waals surface area contributed by atoms with Crippen molar-refractivity contribution in [1.29, 1.82) is 0 Å². The van der Waals surface area contributed by atoms with Gasteiger partial charge in [0.2, 0.25) is 0 Å². The molecule has 0 aliphatic heterocycles. The van der Waals surface area contributed by atoms with Crippen LogP contribution >= 0.6 is 15.9 Å². The molecule has 6 heteroatoms. The molecule has 0 atom stereocenters. The van der Waals surface area contributed by atoms with Gasteiger partial charge in [-0.3, -0.25) is 0 Å². The van der Waals surface area contributed by atoms with E-state index in [0.717, 1.165) is 10.0 Å². The molecule has 0 N–H and O–H groups in total. The zero-order valence-electron chi connectivity index (χ0n) is 9.11. The molecule has 0 aromatic heterocycles. The van der Waals surface area contributed by atoms with Crippen LogP contribution in [0.25, 0.3) is 10.4 Å². The Labute approximate surface area is 102 Å². The quantitative estimate of drug-likeness (QED) is 0.473. The minimum Gasteiger partial charge on any atom is -0.493 e. The van der Waals surface area contributed by atoms with Gasteiger partial charge in [0.1, 0.15) is 0 Å². The molecular formula is C10H12BrN3O2. The van der Waals surface area contributed by atoms with Crippen molar-refractivity contribution in [2.75, 3.05) is 20.8 Å². The van der Waals surface area contributed by atoms with Crippen LogP contribution in [0.5, 0.6) is 11.5 Å². The average Bonchev–Trinajstić information content (AvgIpc) is 2.31. The summed E-state index contributed by atoms with van der Waals surface area (Å²) >= 11 is 3.43. The molecule has 5 nitrogen and oxygen atoms in total. The fraction of sp³-hybridized carbons (Fsp3) is 0.400. The van der Waals surface area contributed by atoms with E-state index < -0.39 is 0 Å². The number of hydrogen-bond donors (Lipinski definition) is 0. The molecule has 0 heterocycles. The maximum Gasteiger partial charge on any atom is 0.161 e. The third-order valence-electron chi connectivity index (χ3n) is 2.10. The minimum absolute atomic E-state index is 0.421. The zero-order chi connectivity index (χ0) is 12.0. The summed E-state index contributed by atoms with van der Waals surface area (Å²) in [5.41, 5.74) is 9.22. The second-order valence-electron chi connectivity index (χ2n) is 3.00. The SMILES string of the molecule is COc1cc(Br)c(CCN=[N+]=[N-])cc1OC. The van der Waals surface area contributed by atoms with Crippen molar-refractivity contribution < 1.29 is 9.47 Å². The Morgan fingerprint density at radius 2 is 1.94 bits per heavy atom. The molecule has 86 valence electrons. The molecule has 0 saturated carbocycles. The number of nitrogens with zero attached hydrogens (tertiary/aromatic N) is 3. The molecule has 1 aromatic carbocycles. The first-order valence-corrected chi connectivity index (χ1v) is 5.43. The van der Waals surface area contributed by atoms with Crippen molar-refractivity contribution in [2.24, 2.45) is 5.11 Å². The predicted molar refractivity (Wildman–Crippen MR) is 65.0 cm³/mol. The molecule has 0 unspecified atom stereocenters. The second kappa shape index (κ2) is 6.25. The number of benzene rings is 1. The first-order chi connectivity index (χ1) is 7.72. The van der Waals surface area contributed by atoms with E-state index in [9.17, 15) is 0 Å². The highest BCUT2D eigenvalue weighted by Gasteiger charge is 2.08. The van der Waals surface area contributed by atoms with E-state index in [1.165, 1.54) is 0 Å². The summed E-state index contributed by atoms with van der Waals surface area (Å²) in [6.45, 7) is 0.421. The van der Waals surface area contributed by atoms with Gasteiger partial charge in [0.25, 0.3) is 0 Å². The van der Waals surface area contributed by atoms with Gasteiger partial charge in [-0.05, 0) is 29.6 Å². The third kappa shape index (κ3) is 3.05. The van der Waals surface area contributed by atoms with Crippen LogP contribution in [0.1, 0.15) is 5.56 Å². The topological polar surface area (TPSA) is 67.2 Å². The normalized spacial score (nSPS) is 9.44. The molecule has 16 heavy (non-hydrogen) atoms. The molecule has 0 aliphatic carbocycles. The van der Waals surface area contributed by atoms with E-state index in [2.05, 4.69) is 26.0 Å². The molecule has 0 aliphatic rings. The van der Waals surface area contributed by atoms with Crippen molar-refractivity contribution in [3.63, 3.8) is 0 Å². The number of halogens is 1. The van der Waals surface area contributed by atoms with Gasteiger partial charge in [-0.2, -0.15) is 0 Å². The predicted octanol–water partition coefficient (Wildman–Crippen LogP) is 3.32. The van der Waals surface area contributed by atoms with Gasteiger partial charge in [0.15, 0.2) is 11.5 Å². The Kier molecular flexibility index (Phi) is 4.95. The molecule has 0 saturated heterocycles. The summed E-state index contributed by atoms with van der Waals surface area (Å²) in [7, 11) is 3.17. The van der Waals surface area contributed by atoms with Crippen LogP contribution in [0.2, 0.25) is 0 Å². The van der Waals surface area contributed by atoms with Crippen LogP contribution in [0.15, 0.2) is 21.7 Å². The highest BCUT2D eigenvalue weighted by molar-refractivity contribution is 9.10. The first-order valence-electron chi connectivity index (χ1n) is 4.64. The number of ether oxygens (including phenoxy) is 2. The fourth-order valence-electron chi connectivity index (χ4n) is 1.30. The van der Waals surface area contributed by atoms with Crippen molar-refractivity contribution in [1.82, 2.24) is 0 Å². The number of methoxy groups -OCH3 is 2. The van der Waals surface area contributed by atoms with E-state index in [-0.39, 0.29) is 0 Å². The van der Waals surface area contributed by atoms with Crippen molar-refractivity contribution in [2.45, 2.75) is 6.42 Å². The number of rotatable bonds is 5. The summed E-state index contributed by atoms with van der Waals surface area (Å²) in [6.07, 6.45) is 0.658. The number of hydrogen-bond acceptors (Lipinski definition) is 3. The largest absolute Gasteiger partial charge is 0.493 e. The van der Waals surface area contributed by atoms with E-state index >= 15 is 0 Å². The van der Waals surface area contributed by atoms with Crippen molar-refractivity contribution in [3.05, 3.63) is 32.6 Å². The van der Waals surface area contributed by atoms with Gasteiger partial charge in [-0.1, -0.05) is 21.0 Å². The monoisotopic (exact) mass is 285 g/mol. The van der Waals surface area contributed by atoms with E-state index in [4.69, 9.17) is 15.0 Å². The average molecular weight is 286 g/mol. The lowest BCUT2D eigenvalue weighted by Gasteiger charge is -2.11. The second-order valence-corrected chi connectivity index (χ2v) is 3.86. The van der Waals surface area contributed by atoms with E-state index in [0.29, 0.717) is 24.5 Å². The van der Waals surface area contributed by atoms with Gasteiger partial charge in [-0.15, -0.1) is 0 Å². The maximum absolute atomic E-state index is 8.20. The standard InChI is InChI=1S/C10H12BrN3O2/c1-15-9-5-7(3-4-13-14-12)8(11)6-10(9)16-2/h5-6H,3-4H2,1-2H3. The van der Waals surface area contributed by atoms with Crippen molar-refractivity contribution in [3.8, 4) is 11.5 Å². The lowest BCUT2D eigenvalue weighted by atomic mass is 10.1. The zero-order valence-corrected chi connectivity index (χ0v) is 10.7. The first kappa shape index (κ1) is 12.7. The summed E-state index contributed by atoms with van der Waals surface area (Å²) in [5, 5.41) is 3.49. The van der Waals surface area contributed by atoms with Gasteiger partial charge in [0.05, 0.1) is 14.2 Å². The fourth-order valence-corrected chi connectivity index (χ4v) is 1.82. The van der Waals surface area contributed by atoms with Crippen LogP contribution in [-0.4, -0.2) is 20.8 Å². The summed E-state index contributed by atoms with van der Waals surface area (Å²) in [6, 6.07) is 3.71. The Morgan fingerprint density at radius 1 is 1.31 bits per heavy atom. The van der Waals surface area contributed by atoms with Gasteiger partial charge < -0.3 is 9.47 Å². The highest BCUT2D eigenvalue weighted by atomic mass is 79.9. The van der Waals surface area contributed by atoms with Crippen LogP contribution in [0.3, 0.4) is 0 Å². The van der Waals surface area contributed by atoms with Crippen LogP contribution in [0.4, 0.5) is 0 Å². The Hall–Kier alpha value is -1.39. The third-order valence-corrected chi connectivity index (χ3v) is 2.84. The van der Waals surface area contributed by atoms with Gasteiger partial charge in [0, 0.05) is 15.9 Å². The highest BCUT2D eigenvalue weighted by Crippen LogP contribution is 2.33. The van der Waals surface area contributed by atoms with Gasteiger partial charge in [-0.25, -0.2) is 0 Å². The van der Waals surface area contributed by atoms with Crippen LogP contribution in [0, 0.1) is 0 Å². The summed E-state index contributed by atoms with van der Waals surface area (Å²) in [4.78, 5) is 2.71. The number of azide groups is 1. The molecule has 0 fully saturated rings. The molecule has 0 bridgehead atoms. The summed E-state index contributed by atoms with van der Waals surface area (Å²) < 4.78 is 11.3. The smallest absolute Gasteiger partial charge is 0.161 e. The van der Waals surface area contributed by atoms with E-state index in [1.807, 2.05) is 12.1 Å². The summed E-state index contributed by atoms with van der Waals surface area (Å²) in [5.74, 6) is 1.34. The minimum atomic E-state index is 0.421. The van der Waals surface area contributed by atoms with Crippen LogP contribution in [-0.2, 0) is 6.42 Å². The lowest BCUT2D eigenvalue weighted by molar-refractivity contribution is 0.354. The molecular weight excluding hydrogens is 274 g/mol. The lowest BCUT2D eigenvalue weighted by Crippen LogP contribution is -1.95. The van der Waals surface area contributed by atoms with Crippen LogP contribution < -0.4 is 9.47 Å². The van der Waals surface area contributed by atoms with Crippen molar-refractivity contribution >= 4 is 15.9 Å². The molecule has 1 aromatic rings. The molecule has 0 amide bonds. The molecule has 0 spiro atoms. The van der Waals surface area contributed by atoms with E-state index in [1.54, 1.807) is 14.2 Å². The molecule has 1 rings (SSSR count). The Bertz CT molecular complexity index is 417. The van der Waals surface area contributed by atoms with Gasteiger partial charge >= 0.3 is 0 Å². The Balaban J connectivity index is 2.96. The maximum atomic E-state index is 8.20.